The lowest BCUT2D eigenvalue weighted by molar-refractivity contribution is -0.131. The van der Waals surface area contributed by atoms with Gasteiger partial charge in [-0.25, -0.2) is 9.18 Å². The van der Waals surface area contributed by atoms with E-state index in [1.165, 1.54) is 24.3 Å². The number of carboxylic acid groups (broad SMARTS) is 1. The number of hydrogen-bond donors (Lipinski definition) is 1. The number of aliphatic carboxylic acids is 1. The van der Waals surface area contributed by atoms with Crippen molar-refractivity contribution in [2.45, 2.75) is 19.8 Å². The van der Waals surface area contributed by atoms with Gasteiger partial charge in [-0.3, -0.25) is 4.79 Å². The number of rotatable bonds is 4. The summed E-state index contributed by atoms with van der Waals surface area (Å²) in [4.78, 5) is 24.5. The second kappa shape index (κ2) is 6.52. The fourth-order valence-electron chi connectivity index (χ4n) is 2.49. The van der Waals surface area contributed by atoms with E-state index in [9.17, 15) is 14.0 Å². The van der Waals surface area contributed by atoms with Crippen LogP contribution in [0.3, 0.4) is 0 Å². The molecule has 1 atom stereocenters. The highest BCUT2D eigenvalue weighted by molar-refractivity contribution is 5.94. The maximum absolute atomic E-state index is 13.9. The SMILES string of the molecule is CCC1CCN(C(=O)c2ccc(/C=C/C(=O)O)c(F)c2)C1. The third-order valence-electron chi connectivity index (χ3n) is 3.80. The van der Waals surface area contributed by atoms with Gasteiger partial charge in [-0.15, -0.1) is 0 Å². The maximum atomic E-state index is 13.9. The average Bonchev–Trinajstić information content (AvgIpc) is 2.93. The van der Waals surface area contributed by atoms with Gasteiger partial charge < -0.3 is 10.0 Å². The number of benzene rings is 1. The maximum Gasteiger partial charge on any atom is 0.328 e. The van der Waals surface area contributed by atoms with Gasteiger partial charge in [0.05, 0.1) is 0 Å². The number of carbonyl (C=O) groups excluding carboxylic acids is 1. The monoisotopic (exact) mass is 291 g/mol. The summed E-state index contributed by atoms with van der Waals surface area (Å²) in [5, 5.41) is 8.53. The van der Waals surface area contributed by atoms with Gasteiger partial charge in [-0.2, -0.15) is 0 Å². The van der Waals surface area contributed by atoms with Gasteiger partial charge in [0.1, 0.15) is 5.82 Å². The minimum absolute atomic E-state index is 0.154. The van der Waals surface area contributed by atoms with Crippen LogP contribution in [-0.4, -0.2) is 35.0 Å². The molecule has 1 aliphatic heterocycles. The predicted molar refractivity (Wildman–Crippen MR) is 77.4 cm³/mol. The second-order valence-corrected chi connectivity index (χ2v) is 5.22. The summed E-state index contributed by atoms with van der Waals surface area (Å²) in [6.45, 7) is 3.53. The fourth-order valence-corrected chi connectivity index (χ4v) is 2.49. The van der Waals surface area contributed by atoms with E-state index in [1.54, 1.807) is 4.90 Å². The Morgan fingerprint density at radius 1 is 1.48 bits per heavy atom. The number of likely N-dealkylation sites (tertiary alicyclic amines) is 1. The van der Waals surface area contributed by atoms with Crippen molar-refractivity contribution in [1.29, 1.82) is 0 Å². The van der Waals surface area contributed by atoms with Gasteiger partial charge in [0.2, 0.25) is 0 Å². The molecule has 0 aliphatic carbocycles. The first-order valence-corrected chi connectivity index (χ1v) is 7.01. The zero-order chi connectivity index (χ0) is 15.4. The predicted octanol–water partition coefficient (Wildman–Crippen LogP) is 2.80. The van der Waals surface area contributed by atoms with Gasteiger partial charge in [-0.1, -0.05) is 19.4 Å². The van der Waals surface area contributed by atoms with Crippen LogP contribution in [0.5, 0.6) is 0 Å². The Hall–Kier alpha value is -2.17. The lowest BCUT2D eigenvalue weighted by Gasteiger charge is -2.16. The summed E-state index contributed by atoms with van der Waals surface area (Å²) in [6.07, 6.45) is 4.07. The average molecular weight is 291 g/mol. The summed E-state index contributed by atoms with van der Waals surface area (Å²) < 4.78 is 13.9. The van der Waals surface area contributed by atoms with Crippen molar-refractivity contribution in [3.05, 3.63) is 41.2 Å². The first-order chi connectivity index (χ1) is 10.0. The van der Waals surface area contributed by atoms with Crippen molar-refractivity contribution in [1.82, 2.24) is 4.90 Å². The smallest absolute Gasteiger partial charge is 0.328 e. The number of nitrogens with zero attached hydrogens (tertiary/aromatic N) is 1. The molecule has 112 valence electrons. The van der Waals surface area contributed by atoms with Gasteiger partial charge in [0.25, 0.3) is 5.91 Å². The molecule has 5 heteroatoms. The van der Waals surface area contributed by atoms with Gasteiger partial charge in [0.15, 0.2) is 0 Å². The minimum Gasteiger partial charge on any atom is -0.478 e. The Labute approximate surface area is 122 Å². The molecule has 1 saturated heterocycles. The van der Waals surface area contributed by atoms with Crippen molar-refractivity contribution in [2.75, 3.05) is 13.1 Å². The van der Waals surface area contributed by atoms with E-state index < -0.39 is 11.8 Å². The lowest BCUT2D eigenvalue weighted by Crippen LogP contribution is -2.28. The van der Waals surface area contributed by atoms with Crippen molar-refractivity contribution >= 4 is 18.0 Å². The molecule has 0 aromatic heterocycles. The summed E-state index contributed by atoms with van der Waals surface area (Å²) in [5.41, 5.74) is 0.457. The largest absolute Gasteiger partial charge is 0.478 e. The summed E-state index contributed by atoms with van der Waals surface area (Å²) >= 11 is 0. The molecule has 0 radical (unpaired) electrons. The van der Waals surface area contributed by atoms with Crippen molar-refractivity contribution in [3.63, 3.8) is 0 Å². The quantitative estimate of drug-likeness (QED) is 0.868. The van der Waals surface area contributed by atoms with Crippen LogP contribution in [0, 0.1) is 11.7 Å². The molecule has 1 heterocycles. The van der Waals surface area contributed by atoms with Crippen LogP contribution in [0.1, 0.15) is 35.7 Å². The van der Waals surface area contributed by atoms with Crippen LogP contribution < -0.4 is 0 Å². The molecule has 2 rings (SSSR count). The Morgan fingerprint density at radius 2 is 2.24 bits per heavy atom. The molecule has 0 bridgehead atoms. The molecule has 1 amide bonds. The van der Waals surface area contributed by atoms with Crippen LogP contribution in [0.15, 0.2) is 24.3 Å². The first-order valence-electron chi connectivity index (χ1n) is 7.01. The molecular weight excluding hydrogens is 273 g/mol. The molecule has 1 unspecified atom stereocenters. The van der Waals surface area contributed by atoms with Crippen LogP contribution in [0.4, 0.5) is 4.39 Å². The highest BCUT2D eigenvalue weighted by Gasteiger charge is 2.26. The van der Waals surface area contributed by atoms with Crippen LogP contribution >= 0.6 is 0 Å². The summed E-state index contributed by atoms with van der Waals surface area (Å²) in [6, 6.07) is 4.13. The third-order valence-corrected chi connectivity index (χ3v) is 3.80. The summed E-state index contributed by atoms with van der Waals surface area (Å²) in [5.74, 6) is -1.38. The van der Waals surface area contributed by atoms with Crippen LogP contribution in [0.25, 0.3) is 6.08 Å². The van der Waals surface area contributed by atoms with Crippen molar-refractivity contribution in [2.24, 2.45) is 5.92 Å². The molecule has 0 saturated carbocycles. The molecule has 21 heavy (non-hydrogen) atoms. The number of carbonyl (C=O) groups is 2. The van der Waals surface area contributed by atoms with E-state index in [4.69, 9.17) is 5.11 Å². The molecular formula is C16H18FNO3. The van der Waals surface area contributed by atoms with E-state index in [1.807, 2.05) is 0 Å². The van der Waals surface area contributed by atoms with Crippen molar-refractivity contribution in [3.8, 4) is 0 Å². The molecule has 1 N–H and O–H groups in total. The number of hydrogen-bond acceptors (Lipinski definition) is 2. The zero-order valence-corrected chi connectivity index (χ0v) is 11.9. The van der Waals surface area contributed by atoms with E-state index in [0.717, 1.165) is 25.5 Å². The Kier molecular flexibility index (Phi) is 4.73. The molecule has 1 aromatic carbocycles. The fraction of sp³-hybridized carbons (Fsp3) is 0.375. The Bertz CT molecular complexity index is 583. The van der Waals surface area contributed by atoms with Gasteiger partial charge in [-0.05, 0) is 30.5 Å². The molecule has 1 aliphatic rings. The Balaban J connectivity index is 2.13. The minimum atomic E-state index is -1.14. The highest BCUT2D eigenvalue weighted by Crippen LogP contribution is 2.22. The topological polar surface area (TPSA) is 57.6 Å². The highest BCUT2D eigenvalue weighted by atomic mass is 19.1. The van der Waals surface area contributed by atoms with E-state index >= 15 is 0 Å². The van der Waals surface area contributed by atoms with Crippen molar-refractivity contribution < 1.29 is 19.1 Å². The number of carboxylic acids is 1. The third kappa shape index (κ3) is 3.68. The summed E-state index contributed by atoms with van der Waals surface area (Å²) in [7, 11) is 0. The van der Waals surface area contributed by atoms with Crippen LogP contribution in [0.2, 0.25) is 0 Å². The standard InChI is InChI=1S/C16H18FNO3/c1-2-11-7-8-18(10-11)16(21)13-4-3-12(14(17)9-13)5-6-15(19)20/h3-6,9,11H,2,7-8,10H2,1H3,(H,19,20)/b6-5+. The van der Waals surface area contributed by atoms with Gasteiger partial charge in [0, 0.05) is 30.3 Å². The normalized spacial score (nSPS) is 18.4. The lowest BCUT2D eigenvalue weighted by atomic mass is 10.1. The number of halogens is 1. The Morgan fingerprint density at radius 3 is 2.81 bits per heavy atom. The molecule has 4 nitrogen and oxygen atoms in total. The van der Waals surface area contributed by atoms with E-state index in [2.05, 4.69) is 6.92 Å². The zero-order valence-electron chi connectivity index (χ0n) is 11.9. The van der Waals surface area contributed by atoms with Crippen LogP contribution in [-0.2, 0) is 4.79 Å². The van der Waals surface area contributed by atoms with Gasteiger partial charge >= 0.3 is 5.97 Å². The first kappa shape index (κ1) is 15.2. The second-order valence-electron chi connectivity index (χ2n) is 5.22. The molecule has 0 spiro atoms. The molecule has 1 fully saturated rings. The number of amides is 1. The molecule has 1 aromatic rings. The van der Waals surface area contributed by atoms with E-state index in [-0.39, 0.29) is 11.5 Å². The van der Waals surface area contributed by atoms with E-state index in [0.29, 0.717) is 18.0 Å².